The lowest BCUT2D eigenvalue weighted by Gasteiger charge is -2.18. The standard InChI is InChI=1S/C9H15N3O3/c1-3-4-9(2,14)7-5-6(12-15-7)8(13)11-10/h5,14H,3-4,10H2,1-2H3,(H,11,13)/t9-/m1/s1. The number of aromatic nitrogens is 1. The normalized spacial score (nSPS) is 14.7. The van der Waals surface area contributed by atoms with Crippen LogP contribution >= 0.6 is 0 Å². The van der Waals surface area contributed by atoms with E-state index in [0.29, 0.717) is 6.42 Å². The maximum absolute atomic E-state index is 11.1. The minimum absolute atomic E-state index is 0.0591. The van der Waals surface area contributed by atoms with E-state index in [9.17, 15) is 9.90 Å². The fourth-order valence-electron chi connectivity index (χ4n) is 1.32. The maximum Gasteiger partial charge on any atom is 0.287 e. The minimum Gasteiger partial charge on any atom is -0.382 e. The summed E-state index contributed by atoms with van der Waals surface area (Å²) in [5.41, 5.74) is 0.892. The molecule has 0 unspecified atom stereocenters. The molecule has 0 radical (unpaired) electrons. The fraction of sp³-hybridized carbons (Fsp3) is 0.556. The van der Waals surface area contributed by atoms with Gasteiger partial charge in [0, 0.05) is 6.07 Å². The molecule has 0 aliphatic rings. The number of hydrogen-bond donors (Lipinski definition) is 3. The molecule has 1 rings (SSSR count). The molecule has 0 spiro atoms. The quantitative estimate of drug-likeness (QED) is 0.379. The van der Waals surface area contributed by atoms with Crippen LogP contribution < -0.4 is 11.3 Å². The highest BCUT2D eigenvalue weighted by Gasteiger charge is 2.28. The first-order valence-electron chi connectivity index (χ1n) is 4.71. The van der Waals surface area contributed by atoms with E-state index >= 15 is 0 Å². The SMILES string of the molecule is CCC[C@@](C)(O)c1cc(C(=O)NN)no1. The van der Waals surface area contributed by atoms with Gasteiger partial charge in [0.15, 0.2) is 11.5 Å². The lowest BCUT2D eigenvalue weighted by molar-refractivity contribution is 0.0189. The van der Waals surface area contributed by atoms with Crippen LogP contribution in [0.25, 0.3) is 0 Å². The van der Waals surface area contributed by atoms with Crippen molar-refractivity contribution in [1.82, 2.24) is 10.6 Å². The van der Waals surface area contributed by atoms with Gasteiger partial charge in [0.2, 0.25) is 0 Å². The Morgan fingerprint density at radius 1 is 1.80 bits per heavy atom. The lowest BCUT2D eigenvalue weighted by atomic mass is 9.97. The summed E-state index contributed by atoms with van der Waals surface area (Å²) >= 11 is 0. The highest BCUT2D eigenvalue weighted by Crippen LogP contribution is 2.26. The molecule has 0 aliphatic heterocycles. The van der Waals surface area contributed by atoms with Gasteiger partial charge >= 0.3 is 0 Å². The van der Waals surface area contributed by atoms with Gasteiger partial charge in [-0.3, -0.25) is 10.2 Å². The Balaban J connectivity index is 2.88. The molecular weight excluding hydrogens is 198 g/mol. The summed E-state index contributed by atoms with van der Waals surface area (Å²) in [7, 11) is 0. The second kappa shape index (κ2) is 4.41. The largest absolute Gasteiger partial charge is 0.382 e. The molecule has 0 saturated heterocycles. The number of nitrogens with one attached hydrogen (secondary N) is 1. The van der Waals surface area contributed by atoms with E-state index in [2.05, 4.69) is 5.16 Å². The van der Waals surface area contributed by atoms with Crippen molar-refractivity contribution in [1.29, 1.82) is 0 Å². The number of nitrogens with zero attached hydrogens (tertiary/aromatic N) is 1. The van der Waals surface area contributed by atoms with Gasteiger partial charge in [-0.25, -0.2) is 5.84 Å². The van der Waals surface area contributed by atoms with Crippen LogP contribution in [0.2, 0.25) is 0 Å². The summed E-state index contributed by atoms with van der Waals surface area (Å²) in [5, 5.41) is 13.5. The Morgan fingerprint density at radius 3 is 3.00 bits per heavy atom. The van der Waals surface area contributed by atoms with Crippen molar-refractivity contribution < 1.29 is 14.4 Å². The third-order valence-electron chi connectivity index (χ3n) is 2.14. The van der Waals surface area contributed by atoms with Gasteiger partial charge in [-0.1, -0.05) is 18.5 Å². The molecule has 15 heavy (non-hydrogen) atoms. The first-order valence-corrected chi connectivity index (χ1v) is 4.71. The minimum atomic E-state index is -1.10. The Kier molecular flexibility index (Phi) is 3.43. The maximum atomic E-state index is 11.1. The predicted octanol–water partition coefficient (Wildman–Crippen LogP) is 0.286. The van der Waals surface area contributed by atoms with Crippen LogP contribution in [0.1, 0.15) is 42.9 Å². The van der Waals surface area contributed by atoms with Gasteiger partial charge in [-0.2, -0.15) is 0 Å². The van der Waals surface area contributed by atoms with E-state index in [0.717, 1.165) is 6.42 Å². The number of aliphatic hydroxyl groups is 1. The van der Waals surface area contributed by atoms with E-state index in [4.69, 9.17) is 10.4 Å². The number of carbonyl (C=O) groups excluding carboxylic acids is 1. The summed E-state index contributed by atoms with van der Waals surface area (Å²) in [6, 6.07) is 1.39. The number of nitrogen functional groups attached to an aromatic ring is 1. The molecule has 0 fully saturated rings. The number of amides is 1. The third kappa shape index (κ3) is 2.54. The zero-order valence-corrected chi connectivity index (χ0v) is 8.78. The highest BCUT2D eigenvalue weighted by molar-refractivity contribution is 5.91. The van der Waals surface area contributed by atoms with Gasteiger partial charge < -0.3 is 9.63 Å². The van der Waals surface area contributed by atoms with Crippen molar-refractivity contribution in [3.05, 3.63) is 17.5 Å². The van der Waals surface area contributed by atoms with Crippen LogP contribution in [0.15, 0.2) is 10.6 Å². The van der Waals surface area contributed by atoms with Crippen molar-refractivity contribution in [2.45, 2.75) is 32.3 Å². The van der Waals surface area contributed by atoms with Crippen molar-refractivity contribution >= 4 is 5.91 Å². The van der Waals surface area contributed by atoms with Gasteiger partial charge in [-0.15, -0.1) is 0 Å². The Hall–Kier alpha value is -1.40. The van der Waals surface area contributed by atoms with Crippen LogP contribution in [-0.2, 0) is 5.60 Å². The van der Waals surface area contributed by atoms with E-state index in [-0.39, 0.29) is 11.5 Å². The Bertz CT molecular complexity index is 346. The smallest absolute Gasteiger partial charge is 0.287 e. The molecule has 0 aliphatic carbocycles. The predicted molar refractivity (Wildman–Crippen MR) is 52.6 cm³/mol. The molecule has 1 amide bonds. The molecular formula is C9H15N3O3. The van der Waals surface area contributed by atoms with Crippen LogP contribution in [0.4, 0.5) is 0 Å². The number of hydrazine groups is 1. The summed E-state index contributed by atoms with van der Waals surface area (Å²) < 4.78 is 4.89. The molecule has 4 N–H and O–H groups in total. The Morgan fingerprint density at radius 2 is 2.47 bits per heavy atom. The van der Waals surface area contributed by atoms with E-state index < -0.39 is 11.5 Å². The molecule has 84 valence electrons. The topological polar surface area (TPSA) is 101 Å². The van der Waals surface area contributed by atoms with Crippen molar-refractivity contribution in [3.63, 3.8) is 0 Å². The molecule has 6 heteroatoms. The molecule has 6 nitrogen and oxygen atoms in total. The lowest BCUT2D eigenvalue weighted by Crippen LogP contribution is -2.30. The molecule has 0 bridgehead atoms. The van der Waals surface area contributed by atoms with Crippen molar-refractivity contribution in [3.8, 4) is 0 Å². The number of carbonyl (C=O) groups is 1. The molecule has 1 aromatic rings. The summed E-state index contributed by atoms with van der Waals surface area (Å²) in [4.78, 5) is 11.1. The molecule has 0 aromatic carbocycles. The Labute approximate surface area is 87.4 Å². The monoisotopic (exact) mass is 213 g/mol. The van der Waals surface area contributed by atoms with E-state index in [1.807, 2.05) is 12.3 Å². The van der Waals surface area contributed by atoms with Crippen LogP contribution in [0.3, 0.4) is 0 Å². The summed E-state index contributed by atoms with van der Waals surface area (Å²) in [6.07, 6.45) is 1.33. The number of hydrogen-bond acceptors (Lipinski definition) is 5. The third-order valence-corrected chi connectivity index (χ3v) is 2.14. The second-order valence-corrected chi connectivity index (χ2v) is 3.57. The molecule has 0 saturated carbocycles. The van der Waals surface area contributed by atoms with E-state index in [1.165, 1.54) is 6.07 Å². The molecule has 1 heterocycles. The zero-order chi connectivity index (χ0) is 11.5. The molecule has 1 atom stereocenters. The fourth-order valence-corrected chi connectivity index (χ4v) is 1.32. The van der Waals surface area contributed by atoms with Gasteiger partial charge in [0.05, 0.1) is 0 Å². The van der Waals surface area contributed by atoms with Crippen LogP contribution in [0, 0.1) is 0 Å². The van der Waals surface area contributed by atoms with Gasteiger partial charge in [0.25, 0.3) is 5.91 Å². The van der Waals surface area contributed by atoms with Crippen LogP contribution in [0.5, 0.6) is 0 Å². The second-order valence-electron chi connectivity index (χ2n) is 3.57. The van der Waals surface area contributed by atoms with E-state index in [1.54, 1.807) is 6.92 Å². The average molecular weight is 213 g/mol. The van der Waals surface area contributed by atoms with Crippen molar-refractivity contribution in [2.24, 2.45) is 5.84 Å². The van der Waals surface area contributed by atoms with Gasteiger partial charge in [0.1, 0.15) is 5.60 Å². The van der Waals surface area contributed by atoms with Crippen LogP contribution in [-0.4, -0.2) is 16.2 Å². The zero-order valence-electron chi connectivity index (χ0n) is 8.78. The summed E-state index contributed by atoms with van der Waals surface area (Å²) in [5.74, 6) is 4.66. The highest BCUT2D eigenvalue weighted by atomic mass is 16.5. The first-order chi connectivity index (χ1) is 7.01. The number of nitrogens with two attached hydrogens (primary N) is 1. The number of rotatable bonds is 4. The molecule has 1 aromatic heterocycles. The van der Waals surface area contributed by atoms with Crippen molar-refractivity contribution in [2.75, 3.05) is 0 Å². The first kappa shape index (κ1) is 11.7. The summed E-state index contributed by atoms with van der Waals surface area (Å²) in [6.45, 7) is 3.56. The van der Waals surface area contributed by atoms with Gasteiger partial charge in [-0.05, 0) is 13.3 Å². The average Bonchev–Trinajstić information content (AvgIpc) is 2.66.